The molecule has 0 spiro atoms. The number of phenols is 1. The van der Waals surface area contributed by atoms with Crippen LogP contribution >= 0.6 is 27.7 Å². The molecule has 1 amide bonds. The highest BCUT2D eigenvalue weighted by Crippen LogP contribution is 2.35. The maximum Gasteiger partial charge on any atom is 0.267 e. The van der Waals surface area contributed by atoms with E-state index in [2.05, 4.69) is 38.3 Å². The Morgan fingerprint density at radius 3 is 2.50 bits per heavy atom. The number of nitrogens with zero attached hydrogens (tertiary/aromatic N) is 3. The Bertz CT molecular complexity index is 1460. The topological polar surface area (TPSA) is 78.4 Å². The number of aromatic hydroxyl groups is 1. The number of rotatable bonds is 6. The van der Waals surface area contributed by atoms with Gasteiger partial charge in [0.2, 0.25) is 0 Å². The molecule has 5 rings (SSSR count). The van der Waals surface area contributed by atoms with E-state index in [0.717, 1.165) is 21.2 Å². The molecular formula is C28H20BrN3O3S. The highest BCUT2D eigenvalue weighted by atomic mass is 79.9. The third-order valence-electron chi connectivity index (χ3n) is 5.43. The van der Waals surface area contributed by atoms with Crippen LogP contribution in [0.3, 0.4) is 0 Å². The van der Waals surface area contributed by atoms with Crippen molar-refractivity contribution >= 4 is 51.1 Å². The van der Waals surface area contributed by atoms with E-state index in [-0.39, 0.29) is 18.2 Å². The molecule has 1 fully saturated rings. The molecule has 0 unspecified atom stereocenters. The van der Waals surface area contributed by atoms with Gasteiger partial charge in [-0.1, -0.05) is 70.5 Å². The average molecular weight is 558 g/mol. The van der Waals surface area contributed by atoms with Gasteiger partial charge in [-0.05, 0) is 64.9 Å². The standard InChI is InChI=1S/C28H20BrN3O3S/c29-23-12-13-25(33)22(15-23)16-26-27(34)32(18-24-7-4-14-35-24)28(36-26)31-30-17-19-8-10-21(11-9-19)20-5-2-1-3-6-20/h1-17,33H,18H2/b26-16-,30-17+,31-28-. The van der Waals surface area contributed by atoms with E-state index in [1.54, 1.807) is 48.9 Å². The van der Waals surface area contributed by atoms with Gasteiger partial charge < -0.3 is 9.52 Å². The largest absolute Gasteiger partial charge is 0.507 e. The molecule has 4 aromatic rings. The molecule has 0 saturated carbocycles. The zero-order chi connectivity index (χ0) is 24.9. The van der Waals surface area contributed by atoms with Gasteiger partial charge in [0, 0.05) is 10.0 Å². The van der Waals surface area contributed by atoms with Gasteiger partial charge in [-0.15, -0.1) is 5.10 Å². The van der Waals surface area contributed by atoms with Crippen molar-refractivity contribution in [3.63, 3.8) is 0 Å². The molecule has 0 aliphatic carbocycles. The lowest BCUT2D eigenvalue weighted by molar-refractivity contribution is -0.122. The predicted octanol–water partition coefficient (Wildman–Crippen LogP) is 6.92. The number of phenolic OH excluding ortho intramolecular Hbond substituents is 1. The molecule has 2 heterocycles. The summed E-state index contributed by atoms with van der Waals surface area (Å²) in [6.07, 6.45) is 4.86. The van der Waals surface area contributed by atoms with Gasteiger partial charge in [0.25, 0.3) is 5.91 Å². The number of thioether (sulfide) groups is 1. The first kappa shape index (κ1) is 23.8. The molecular weight excluding hydrogens is 538 g/mol. The van der Waals surface area contributed by atoms with Gasteiger partial charge in [-0.25, -0.2) is 0 Å². The number of amidine groups is 1. The number of hydrogen-bond donors (Lipinski definition) is 1. The van der Waals surface area contributed by atoms with Crippen LogP contribution in [0.4, 0.5) is 0 Å². The number of carbonyl (C=O) groups excluding carboxylic acids is 1. The van der Waals surface area contributed by atoms with Crippen LogP contribution in [0.25, 0.3) is 17.2 Å². The Labute approximate surface area is 220 Å². The summed E-state index contributed by atoms with van der Waals surface area (Å²) in [6.45, 7) is 0.223. The second-order valence-electron chi connectivity index (χ2n) is 7.90. The second kappa shape index (κ2) is 10.8. The number of benzene rings is 3. The Morgan fingerprint density at radius 1 is 0.972 bits per heavy atom. The smallest absolute Gasteiger partial charge is 0.267 e. The molecule has 3 aromatic carbocycles. The van der Waals surface area contributed by atoms with E-state index < -0.39 is 0 Å². The fourth-order valence-electron chi connectivity index (χ4n) is 3.60. The summed E-state index contributed by atoms with van der Waals surface area (Å²) in [5.41, 5.74) is 3.68. The summed E-state index contributed by atoms with van der Waals surface area (Å²) in [6, 6.07) is 26.8. The van der Waals surface area contributed by atoms with Crippen molar-refractivity contribution < 1.29 is 14.3 Å². The Morgan fingerprint density at radius 2 is 1.75 bits per heavy atom. The zero-order valence-electron chi connectivity index (χ0n) is 18.9. The van der Waals surface area contributed by atoms with Crippen molar-refractivity contribution in [3.8, 4) is 16.9 Å². The van der Waals surface area contributed by atoms with E-state index in [1.807, 2.05) is 42.5 Å². The van der Waals surface area contributed by atoms with Gasteiger partial charge in [-0.3, -0.25) is 9.69 Å². The lowest BCUT2D eigenvalue weighted by atomic mass is 10.0. The highest BCUT2D eigenvalue weighted by Gasteiger charge is 2.34. The maximum atomic E-state index is 13.2. The van der Waals surface area contributed by atoms with Crippen molar-refractivity contribution in [2.75, 3.05) is 0 Å². The fraction of sp³-hybridized carbons (Fsp3) is 0.0357. The molecule has 6 nitrogen and oxygen atoms in total. The average Bonchev–Trinajstić information content (AvgIpc) is 3.51. The van der Waals surface area contributed by atoms with Crippen molar-refractivity contribution in [3.05, 3.63) is 117 Å². The summed E-state index contributed by atoms with van der Waals surface area (Å²) in [4.78, 5) is 15.2. The third-order valence-corrected chi connectivity index (χ3v) is 6.92. The Balaban J connectivity index is 1.39. The summed E-state index contributed by atoms with van der Waals surface area (Å²) < 4.78 is 6.24. The van der Waals surface area contributed by atoms with Crippen molar-refractivity contribution in [1.29, 1.82) is 0 Å². The fourth-order valence-corrected chi connectivity index (χ4v) is 4.90. The molecule has 1 aliphatic heterocycles. The SMILES string of the molecule is O=C1/C(=C/c2cc(Br)ccc2O)S/C(=N\N=C\c2ccc(-c3ccccc3)cc2)N1Cc1ccco1. The van der Waals surface area contributed by atoms with Crippen LogP contribution < -0.4 is 0 Å². The Kier molecular flexibility index (Phi) is 7.16. The highest BCUT2D eigenvalue weighted by molar-refractivity contribution is 9.10. The Hall–Kier alpha value is -3.88. The van der Waals surface area contributed by atoms with E-state index in [0.29, 0.717) is 21.4 Å². The number of furan rings is 1. The molecule has 8 heteroatoms. The first-order valence-corrected chi connectivity index (χ1v) is 12.7. The number of hydrogen-bond acceptors (Lipinski definition) is 6. The van der Waals surface area contributed by atoms with Crippen LogP contribution in [0.2, 0.25) is 0 Å². The molecule has 0 radical (unpaired) electrons. The van der Waals surface area contributed by atoms with Gasteiger partial charge in [0.1, 0.15) is 11.5 Å². The number of amides is 1. The molecule has 1 aliphatic rings. The molecule has 0 bridgehead atoms. The van der Waals surface area contributed by atoms with Crippen molar-refractivity contribution in [2.45, 2.75) is 6.54 Å². The predicted molar refractivity (Wildman–Crippen MR) is 148 cm³/mol. The van der Waals surface area contributed by atoms with Crippen LogP contribution in [0.1, 0.15) is 16.9 Å². The monoisotopic (exact) mass is 557 g/mol. The molecule has 1 saturated heterocycles. The minimum absolute atomic E-state index is 0.0824. The third kappa shape index (κ3) is 5.50. The van der Waals surface area contributed by atoms with Gasteiger partial charge in [0.05, 0.1) is 23.9 Å². The van der Waals surface area contributed by atoms with E-state index in [9.17, 15) is 9.90 Å². The minimum Gasteiger partial charge on any atom is -0.507 e. The lowest BCUT2D eigenvalue weighted by Crippen LogP contribution is -2.28. The van der Waals surface area contributed by atoms with Gasteiger partial charge >= 0.3 is 0 Å². The normalized spacial score (nSPS) is 16.0. The van der Waals surface area contributed by atoms with Crippen LogP contribution in [0.15, 0.2) is 115 Å². The summed E-state index contributed by atoms with van der Waals surface area (Å²) in [5.74, 6) is 0.472. The van der Waals surface area contributed by atoms with Crippen LogP contribution in [-0.2, 0) is 11.3 Å². The number of halogens is 1. The van der Waals surface area contributed by atoms with Gasteiger partial charge in [0.15, 0.2) is 5.17 Å². The molecule has 1 N–H and O–H groups in total. The van der Waals surface area contributed by atoms with Crippen molar-refractivity contribution in [1.82, 2.24) is 4.90 Å². The van der Waals surface area contributed by atoms with Gasteiger partial charge in [-0.2, -0.15) is 5.10 Å². The van der Waals surface area contributed by atoms with Crippen molar-refractivity contribution in [2.24, 2.45) is 10.2 Å². The molecule has 1 aromatic heterocycles. The quantitative estimate of drug-likeness (QED) is 0.158. The minimum atomic E-state index is -0.239. The molecule has 36 heavy (non-hydrogen) atoms. The lowest BCUT2D eigenvalue weighted by Gasteiger charge is -2.12. The second-order valence-corrected chi connectivity index (χ2v) is 9.82. The van der Waals surface area contributed by atoms with E-state index in [4.69, 9.17) is 4.42 Å². The maximum absolute atomic E-state index is 13.2. The summed E-state index contributed by atoms with van der Waals surface area (Å²) >= 11 is 4.60. The van der Waals surface area contributed by atoms with E-state index in [1.165, 1.54) is 16.7 Å². The zero-order valence-corrected chi connectivity index (χ0v) is 21.3. The van der Waals surface area contributed by atoms with E-state index >= 15 is 0 Å². The van der Waals surface area contributed by atoms with Crippen LogP contribution in [-0.4, -0.2) is 27.3 Å². The first-order chi connectivity index (χ1) is 17.6. The summed E-state index contributed by atoms with van der Waals surface area (Å²) in [7, 11) is 0. The van der Waals surface area contributed by atoms with Crippen LogP contribution in [0, 0.1) is 0 Å². The first-order valence-electron chi connectivity index (χ1n) is 11.1. The van der Waals surface area contributed by atoms with Crippen LogP contribution in [0.5, 0.6) is 5.75 Å². The summed E-state index contributed by atoms with van der Waals surface area (Å²) in [5, 5.41) is 19.2. The number of carbonyl (C=O) groups is 1. The molecule has 178 valence electrons. The molecule has 0 atom stereocenters.